The molecule has 0 aliphatic carbocycles. The fraction of sp³-hybridized carbons (Fsp3) is 0.600. The molecule has 18 heavy (non-hydrogen) atoms. The fourth-order valence-corrected chi connectivity index (χ4v) is 4.02. The van der Waals surface area contributed by atoms with E-state index < -0.39 is 0 Å². The summed E-state index contributed by atoms with van der Waals surface area (Å²) in [7, 11) is 0. The van der Waals surface area contributed by atoms with Crippen LogP contribution in [0.2, 0.25) is 0 Å². The van der Waals surface area contributed by atoms with Gasteiger partial charge in [0.05, 0.1) is 0 Å². The Labute approximate surface area is 118 Å². The third kappa shape index (κ3) is 2.49. The van der Waals surface area contributed by atoms with Crippen LogP contribution in [0.4, 0.5) is 0 Å². The molecule has 0 aromatic heterocycles. The number of rotatable bonds is 3. The molecule has 3 aliphatic heterocycles. The highest BCUT2D eigenvalue weighted by molar-refractivity contribution is 9.10. The van der Waals surface area contributed by atoms with Gasteiger partial charge in [-0.25, -0.2) is 0 Å². The molecule has 3 fully saturated rings. The predicted octanol–water partition coefficient (Wildman–Crippen LogP) is 3.19. The molecule has 0 spiro atoms. The minimum absolute atomic E-state index is 0.422. The number of hydrogen-bond acceptors (Lipinski definition) is 2. The monoisotopic (exact) mass is 308 g/mol. The molecule has 4 rings (SSSR count). The lowest BCUT2D eigenvalue weighted by molar-refractivity contribution is 0.0680. The topological polar surface area (TPSA) is 15.3 Å². The first kappa shape index (κ1) is 12.6. The van der Waals surface area contributed by atoms with Gasteiger partial charge in [-0.2, -0.15) is 0 Å². The molecule has 98 valence electrons. The SMILES string of the molecule is C[C@@H](NC1CN2CCC1CC2)c1ccccc1Br. The molecule has 1 unspecified atom stereocenters. The van der Waals surface area contributed by atoms with Crippen molar-refractivity contribution in [3.05, 3.63) is 34.3 Å². The Morgan fingerprint density at radius 2 is 2.00 bits per heavy atom. The van der Waals surface area contributed by atoms with Gasteiger partial charge in [-0.1, -0.05) is 34.1 Å². The summed E-state index contributed by atoms with van der Waals surface area (Å²) in [6.07, 6.45) is 2.75. The summed E-state index contributed by atoms with van der Waals surface area (Å²) in [5.74, 6) is 0.889. The lowest BCUT2D eigenvalue weighted by atomic mass is 9.83. The third-order valence-electron chi connectivity index (χ3n) is 4.49. The maximum absolute atomic E-state index is 3.84. The zero-order valence-corrected chi connectivity index (χ0v) is 12.5. The molecule has 3 heteroatoms. The van der Waals surface area contributed by atoms with E-state index in [1.54, 1.807) is 0 Å². The Balaban J connectivity index is 1.68. The Morgan fingerprint density at radius 1 is 1.28 bits per heavy atom. The number of nitrogens with one attached hydrogen (secondary N) is 1. The number of piperidine rings is 3. The van der Waals surface area contributed by atoms with Crippen LogP contribution in [-0.2, 0) is 0 Å². The van der Waals surface area contributed by atoms with Crippen molar-refractivity contribution in [2.24, 2.45) is 5.92 Å². The largest absolute Gasteiger partial charge is 0.306 e. The van der Waals surface area contributed by atoms with Gasteiger partial charge < -0.3 is 10.2 Å². The standard InChI is InChI=1S/C15H21BrN2/c1-11(13-4-2-3-5-14(13)16)17-15-10-18-8-6-12(15)7-9-18/h2-5,11-12,15,17H,6-10H2,1H3/t11-,15?/m1/s1. The normalized spacial score (nSPS) is 32.4. The molecule has 2 nitrogen and oxygen atoms in total. The number of fused-ring (bicyclic) bond motifs is 3. The van der Waals surface area contributed by atoms with Crippen LogP contribution in [-0.4, -0.2) is 30.6 Å². The van der Waals surface area contributed by atoms with Crippen LogP contribution in [0.1, 0.15) is 31.4 Å². The van der Waals surface area contributed by atoms with Crippen LogP contribution in [0.3, 0.4) is 0 Å². The maximum Gasteiger partial charge on any atom is 0.0306 e. The minimum Gasteiger partial charge on any atom is -0.306 e. The van der Waals surface area contributed by atoms with Gasteiger partial charge in [-0.15, -0.1) is 0 Å². The Kier molecular flexibility index (Phi) is 3.73. The van der Waals surface area contributed by atoms with Crippen molar-refractivity contribution < 1.29 is 0 Å². The van der Waals surface area contributed by atoms with Crippen LogP contribution in [0.25, 0.3) is 0 Å². The molecule has 1 aromatic carbocycles. The zero-order valence-electron chi connectivity index (χ0n) is 10.9. The van der Waals surface area contributed by atoms with E-state index in [1.807, 2.05) is 0 Å². The molecule has 1 N–H and O–H groups in total. The molecule has 0 amide bonds. The second-order valence-electron chi connectivity index (χ2n) is 5.65. The van der Waals surface area contributed by atoms with Gasteiger partial charge in [0.2, 0.25) is 0 Å². The summed E-state index contributed by atoms with van der Waals surface area (Å²) in [4.78, 5) is 2.60. The zero-order chi connectivity index (χ0) is 12.5. The van der Waals surface area contributed by atoms with E-state index in [4.69, 9.17) is 0 Å². The lowest BCUT2D eigenvalue weighted by Gasteiger charge is -2.46. The number of benzene rings is 1. The second kappa shape index (κ2) is 5.32. The fourth-order valence-electron chi connectivity index (χ4n) is 3.39. The van der Waals surface area contributed by atoms with E-state index in [-0.39, 0.29) is 0 Å². The smallest absolute Gasteiger partial charge is 0.0306 e. The van der Waals surface area contributed by atoms with Crippen molar-refractivity contribution >= 4 is 15.9 Å². The molecule has 0 saturated carbocycles. The summed E-state index contributed by atoms with van der Waals surface area (Å²) < 4.78 is 1.21. The summed E-state index contributed by atoms with van der Waals surface area (Å²) in [5, 5.41) is 3.84. The van der Waals surface area contributed by atoms with Gasteiger partial charge in [-0.3, -0.25) is 0 Å². The van der Waals surface area contributed by atoms with Gasteiger partial charge in [0.25, 0.3) is 0 Å². The van der Waals surface area contributed by atoms with Gasteiger partial charge in [-0.05, 0) is 50.4 Å². The Morgan fingerprint density at radius 3 is 2.61 bits per heavy atom. The van der Waals surface area contributed by atoms with Crippen LogP contribution in [0.5, 0.6) is 0 Å². The highest BCUT2D eigenvalue weighted by Crippen LogP contribution is 2.30. The van der Waals surface area contributed by atoms with E-state index in [0.717, 1.165) is 5.92 Å². The predicted molar refractivity (Wildman–Crippen MR) is 78.6 cm³/mol. The molecule has 3 heterocycles. The third-order valence-corrected chi connectivity index (χ3v) is 5.21. The van der Waals surface area contributed by atoms with Crippen molar-refractivity contribution in [1.82, 2.24) is 10.2 Å². The van der Waals surface area contributed by atoms with E-state index in [2.05, 4.69) is 57.3 Å². The molecular weight excluding hydrogens is 288 g/mol. The summed E-state index contributed by atoms with van der Waals surface area (Å²) in [6, 6.07) is 9.64. The van der Waals surface area contributed by atoms with Crippen molar-refractivity contribution in [2.75, 3.05) is 19.6 Å². The molecule has 0 radical (unpaired) electrons. The quantitative estimate of drug-likeness (QED) is 0.922. The van der Waals surface area contributed by atoms with E-state index in [1.165, 1.54) is 42.5 Å². The van der Waals surface area contributed by atoms with Crippen LogP contribution < -0.4 is 5.32 Å². The molecule has 3 aliphatic rings. The van der Waals surface area contributed by atoms with Crippen molar-refractivity contribution in [3.63, 3.8) is 0 Å². The van der Waals surface area contributed by atoms with Crippen LogP contribution in [0, 0.1) is 5.92 Å². The molecule has 2 bridgehead atoms. The van der Waals surface area contributed by atoms with Crippen molar-refractivity contribution in [1.29, 1.82) is 0 Å². The van der Waals surface area contributed by atoms with E-state index >= 15 is 0 Å². The first-order valence-corrected chi connectivity index (χ1v) is 7.76. The van der Waals surface area contributed by atoms with Crippen LogP contribution >= 0.6 is 15.9 Å². The first-order valence-electron chi connectivity index (χ1n) is 6.97. The highest BCUT2D eigenvalue weighted by Gasteiger charge is 2.34. The van der Waals surface area contributed by atoms with Gasteiger partial charge in [0.1, 0.15) is 0 Å². The number of hydrogen-bond donors (Lipinski definition) is 1. The van der Waals surface area contributed by atoms with Crippen molar-refractivity contribution in [3.8, 4) is 0 Å². The molecule has 3 saturated heterocycles. The summed E-state index contributed by atoms with van der Waals surface area (Å²) in [5.41, 5.74) is 1.37. The van der Waals surface area contributed by atoms with Crippen LogP contribution in [0.15, 0.2) is 28.7 Å². The average Bonchev–Trinajstić information content (AvgIpc) is 2.40. The lowest BCUT2D eigenvalue weighted by Crippen LogP contribution is -2.56. The minimum atomic E-state index is 0.422. The van der Waals surface area contributed by atoms with E-state index in [0.29, 0.717) is 12.1 Å². The number of halogens is 1. The van der Waals surface area contributed by atoms with Gasteiger partial charge in [0, 0.05) is 23.1 Å². The number of nitrogens with zero attached hydrogens (tertiary/aromatic N) is 1. The highest BCUT2D eigenvalue weighted by atomic mass is 79.9. The maximum atomic E-state index is 3.84. The average molecular weight is 309 g/mol. The first-order chi connectivity index (χ1) is 8.74. The molecular formula is C15H21BrN2. The Bertz CT molecular complexity index is 413. The Hall–Kier alpha value is -0.380. The summed E-state index contributed by atoms with van der Waals surface area (Å²) >= 11 is 3.65. The molecule has 1 aromatic rings. The second-order valence-corrected chi connectivity index (χ2v) is 6.51. The molecule has 2 atom stereocenters. The van der Waals surface area contributed by atoms with Gasteiger partial charge >= 0.3 is 0 Å². The van der Waals surface area contributed by atoms with E-state index in [9.17, 15) is 0 Å². The van der Waals surface area contributed by atoms with Crippen molar-refractivity contribution in [2.45, 2.75) is 31.8 Å². The van der Waals surface area contributed by atoms with Gasteiger partial charge in [0.15, 0.2) is 0 Å². The summed E-state index contributed by atoms with van der Waals surface area (Å²) in [6.45, 7) is 6.13.